The number of hydrogen-bond donors (Lipinski definition) is 0. The molecular formula is C16H12F4N4O. The lowest BCUT2D eigenvalue weighted by Crippen LogP contribution is -2.19. The fraction of sp³-hybridized carbons (Fsp3) is 0.312. The van der Waals surface area contributed by atoms with Crippen molar-refractivity contribution in [3.8, 4) is 11.3 Å². The molecule has 0 N–H and O–H groups in total. The summed E-state index contributed by atoms with van der Waals surface area (Å²) in [6, 6.07) is 6.47. The smallest absolute Gasteiger partial charge is 0.317 e. The van der Waals surface area contributed by atoms with Crippen LogP contribution in [0.3, 0.4) is 0 Å². The first-order valence-corrected chi connectivity index (χ1v) is 7.44. The molecule has 0 radical (unpaired) electrons. The van der Waals surface area contributed by atoms with Crippen LogP contribution in [0.4, 0.5) is 17.6 Å². The van der Waals surface area contributed by atoms with Gasteiger partial charge in [-0.3, -0.25) is 9.38 Å². The van der Waals surface area contributed by atoms with E-state index in [1.54, 1.807) is 24.3 Å². The van der Waals surface area contributed by atoms with Gasteiger partial charge in [-0.25, -0.2) is 8.78 Å². The van der Waals surface area contributed by atoms with Crippen molar-refractivity contribution < 1.29 is 22.3 Å². The van der Waals surface area contributed by atoms with E-state index in [1.165, 1.54) is 12.4 Å². The third-order valence-corrected chi connectivity index (χ3v) is 4.24. The van der Waals surface area contributed by atoms with Crippen LogP contribution in [0.15, 0.2) is 36.7 Å². The maximum atomic E-state index is 13.8. The van der Waals surface area contributed by atoms with Crippen LogP contribution >= 0.6 is 0 Å². The van der Waals surface area contributed by atoms with Crippen LogP contribution < -0.4 is 0 Å². The average molecular weight is 352 g/mol. The highest BCUT2D eigenvalue weighted by Crippen LogP contribution is 2.55. The molecule has 0 amide bonds. The Balaban J connectivity index is 1.71. The lowest BCUT2D eigenvalue weighted by molar-refractivity contribution is -0.237. The fourth-order valence-corrected chi connectivity index (χ4v) is 2.70. The Hall–Kier alpha value is -2.55. The van der Waals surface area contributed by atoms with Crippen molar-refractivity contribution in [1.29, 1.82) is 0 Å². The number of alkyl halides is 4. The third-order valence-electron chi connectivity index (χ3n) is 4.24. The number of benzene rings is 1. The van der Waals surface area contributed by atoms with Crippen LogP contribution in [-0.2, 0) is 10.8 Å². The number of hydrogen-bond acceptors (Lipinski definition) is 4. The highest BCUT2D eigenvalue weighted by atomic mass is 19.3. The summed E-state index contributed by atoms with van der Waals surface area (Å²) in [6.45, 7) is 0. The molecule has 25 heavy (non-hydrogen) atoms. The predicted molar refractivity (Wildman–Crippen MR) is 79.4 cm³/mol. The number of aromatic nitrogens is 4. The van der Waals surface area contributed by atoms with Gasteiger partial charge in [0.1, 0.15) is 0 Å². The van der Waals surface area contributed by atoms with Crippen molar-refractivity contribution in [2.24, 2.45) is 0 Å². The Bertz CT molecular complexity index is 939. The van der Waals surface area contributed by atoms with E-state index in [9.17, 15) is 17.6 Å². The number of nitrogens with zero attached hydrogens (tertiary/aromatic N) is 4. The molecular weight excluding hydrogens is 340 g/mol. The van der Waals surface area contributed by atoms with Crippen LogP contribution in [0.1, 0.15) is 23.7 Å². The highest BCUT2D eigenvalue weighted by molar-refractivity contribution is 5.60. The van der Waals surface area contributed by atoms with Crippen molar-refractivity contribution in [3.05, 3.63) is 48.0 Å². The van der Waals surface area contributed by atoms with Gasteiger partial charge in [0, 0.05) is 25.3 Å². The van der Waals surface area contributed by atoms with Crippen LogP contribution in [0.2, 0.25) is 0 Å². The Kier molecular flexibility index (Phi) is 3.33. The molecule has 0 spiro atoms. The Morgan fingerprint density at radius 2 is 1.88 bits per heavy atom. The molecule has 0 bridgehead atoms. The second-order valence-corrected chi connectivity index (χ2v) is 5.88. The summed E-state index contributed by atoms with van der Waals surface area (Å²) in [7, 11) is 0.871. The van der Waals surface area contributed by atoms with Crippen LogP contribution in [0, 0.1) is 0 Å². The van der Waals surface area contributed by atoms with E-state index in [0.717, 1.165) is 11.5 Å². The molecule has 1 fully saturated rings. The van der Waals surface area contributed by atoms with Crippen LogP contribution in [0.25, 0.3) is 16.9 Å². The molecule has 2 aromatic heterocycles. The highest BCUT2D eigenvalue weighted by Gasteiger charge is 2.57. The maximum absolute atomic E-state index is 13.8. The van der Waals surface area contributed by atoms with Gasteiger partial charge in [-0.1, -0.05) is 24.3 Å². The minimum absolute atomic E-state index is 0.143. The van der Waals surface area contributed by atoms with E-state index in [4.69, 9.17) is 0 Å². The molecule has 4 rings (SSSR count). The molecule has 9 heteroatoms. The molecule has 1 aliphatic carbocycles. The maximum Gasteiger partial charge on any atom is 0.417 e. The molecule has 0 aliphatic heterocycles. The monoisotopic (exact) mass is 352 g/mol. The van der Waals surface area contributed by atoms with Crippen molar-refractivity contribution >= 4 is 5.65 Å². The van der Waals surface area contributed by atoms with E-state index in [0.29, 0.717) is 16.8 Å². The van der Waals surface area contributed by atoms with Crippen LogP contribution in [-0.4, -0.2) is 32.6 Å². The lowest BCUT2D eigenvalue weighted by Gasteiger charge is -2.11. The van der Waals surface area contributed by atoms with Crippen molar-refractivity contribution in [1.82, 2.24) is 19.6 Å². The summed E-state index contributed by atoms with van der Waals surface area (Å²) >= 11 is 0. The van der Waals surface area contributed by atoms with Gasteiger partial charge in [-0.05, 0) is 5.56 Å². The van der Waals surface area contributed by atoms with E-state index in [2.05, 4.69) is 19.9 Å². The van der Waals surface area contributed by atoms with Gasteiger partial charge in [0.25, 0.3) is 5.92 Å². The minimum Gasteiger partial charge on any atom is -0.317 e. The topological polar surface area (TPSA) is 52.3 Å². The number of methoxy groups -OCH3 is 1. The van der Waals surface area contributed by atoms with Crippen molar-refractivity contribution in [2.45, 2.75) is 24.4 Å². The second-order valence-electron chi connectivity index (χ2n) is 5.88. The van der Waals surface area contributed by atoms with E-state index in [-0.39, 0.29) is 12.1 Å². The van der Waals surface area contributed by atoms with E-state index < -0.39 is 23.8 Å². The van der Waals surface area contributed by atoms with E-state index >= 15 is 0 Å². The first-order chi connectivity index (χ1) is 11.8. The van der Waals surface area contributed by atoms with Gasteiger partial charge in [0.2, 0.25) is 5.82 Å². The second kappa shape index (κ2) is 5.22. The van der Waals surface area contributed by atoms with Gasteiger partial charge >= 0.3 is 6.11 Å². The number of halogens is 4. The number of fused-ring (bicyclic) bond motifs is 1. The summed E-state index contributed by atoms with van der Waals surface area (Å²) < 4.78 is 59.0. The number of ether oxygens (including phenoxy) is 1. The molecule has 1 unspecified atom stereocenters. The first kappa shape index (κ1) is 15.9. The summed E-state index contributed by atoms with van der Waals surface area (Å²) in [5.74, 6) is -4.05. The summed E-state index contributed by atoms with van der Waals surface area (Å²) in [5.41, 5.74) is 1.68. The molecule has 1 saturated carbocycles. The molecule has 1 aromatic carbocycles. The molecule has 0 saturated heterocycles. The third kappa shape index (κ3) is 2.64. The molecule has 5 nitrogen and oxygen atoms in total. The first-order valence-electron chi connectivity index (χ1n) is 7.44. The quantitative estimate of drug-likeness (QED) is 0.673. The van der Waals surface area contributed by atoms with Gasteiger partial charge < -0.3 is 4.74 Å². The summed E-state index contributed by atoms with van der Waals surface area (Å²) in [6.07, 6.45) is -1.08. The van der Waals surface area contributed by atoms with Crippen molar-refractivity contribution in [2.75, 3.05) is 7.11 Å². The molecule has 3 aromatic rings. The zero-order valence-electron chi connectivity index (χ0n) is 13.0. The summed E-state index contributed by atoms with van der Waals surface area (Å²) in [4.78, 5) is 4.16. The largest absolute Gasteiger partial charge is 0.417 e. The molecule has 2 heterocycles. The molecule has 1 atom stereocenters. The van der Waals surface area contributed by atoms with Crippen LogP contribution in [0.5, 0.6) is 0 Å². The number of rotatable bonds is 4. The molecule has 130 valence electrons. The van der Waals surface area contributed by atoms with Gasteiger partial charge in [0.15, 0.2) is 5.65 Å². The minimum atomic E-state index is -3.60. The standard InChI is InChI=1S/C16H12F4N4O/c1-25-16(19,20)14-23-22-13-7-21-12(8-24(13)14)10-4-2-9(3-5-10)11-6-15(11,17)18/h2-5,7-8,11H,6H2,1H3. The molecule has 1 aliphatic rings. The zero-order chi connectivity index (χ0) is 17.8. The average Bonchev–Trinajstić information content (AvgIpc) is 3.04. The van der Waals surface area contributed by atoms with Gasteiger partial charge in [-0.15, -0.1) is 10.2 Å². The Morgan fingerprint density at radius 1 is 1.20 bits per heavy atom. The SMILES string of the molecule is COC(F)(F)c1nnc2cnc(-c3ccc(C4CC4(F)F)cc3)cn12. The Labute approximate surface area is 139 Å². The lowest BCUT2D eigenvalue weighted by atomic mass is 10.1. The van der Waals surface area contributed by atoms with Gasteiger partial charge in [0.05, 0.1) is 17.8 Å². The van der Waals surface area contributed by atoms with Crippen molar-refractivity contribution in [3.63, 3.8) is 0 Å². The fourth-order valence-electron chi connectivity index (χ4n) is 2.70. The predicted octanol–water partition coefficient (Wildman–Crippen LogP) is 3.61. The Morgan fingerprint density at radius 3 is 2.48 bits per heavy atom. The van der Waals surface area contributed by atoms with E-state index in [1.807, 2.05) is 0 Å². The normalized spacial score (nSPS) is 19.3. The zero-order valence-corrected chi connectivity index (χ0v) is 13.0. The summed E-state index contributed by atoms with van der Waals surface area (Å²) in [5, 5.41) is 7.09. The van der Waals surface area contributed by atoms with Gasteiger partial charge in [-0.2, -0.15) is 8.78 Å².